The monoisotopic (exact) mass is 207 g/mol. The zero-order valence-electron chi connectivity index (χ0n) is 9.56. The van der Waals surface area contributed by atoms with Gasteiger partial charge in [0.15, 0.2) is 0 Å². The lowest BCUT2D eigenvalue weighted by atomic mass is 10.00. The maximum Gasteiger partial charge on any atom is 0.0618 e. The van der Waals surface area contributed by atoms with Crippen molar-refractivity contribution in [2.24, 2.45) is 5.92 Å². The molecule has 0 aromatic heterocycles. The summed E-state index contributed by atoms with van der Waals surface area (Å²) in [6.07, 6.45) is 12.8. The number of nitrogens with zero attached hydrogens (tertiary/aromatic N) is 1. The smallest absolute Gasteiger partial charge is 0.0618 e. The van der Waals surface area contributed by atoms with Crippen LogP contribution < -0.4 is 0 Å². The van der Waals surface area contributed by atoms with E-state index in [4.69, 9.17) is 4.74 Å². The Kier molecular flexibility index (Phi) is 3.98. The fraction of sp³-hybridized carbons (Fsp3) is 0.692. The minimum absolute atomic E-state index is 0.661. The normalized spacial score (nSPS) is 31.3. The summed E-state index contributed by atoms with van der Waals surface area (Å²) >= 11 is 0. The van der Waals surface area contributed by atoms with Crippen molar-refractivity contribution in [2.45, 2.75) is 25.3 Å². The van der Waals surface area contributed by atoms with Gasteiger partial charge in [-0.15, -0.1) is 0 Å². The van der Waals surface area contributed by atoms with Crippen molar-refractivity contribution in [2.75, 3.05) is 26.8 Å². The summed E-state index contributed by atoms with van der Waals surface area (Å²) in [5, 5.41) is 0. The van der Waals surface area contributed by atoms with Crippen molar-refractivity contribution in [3.63, 3.8) is 0 Å². The number of allylic oxidation sites excluding steroid dienone is 3. The van der Waals surface area contributed by atoms with Crippen LogP contribution in [-0.4, -0.2) is 37.7 Å². The van der Waals surface area contributed by atoms with Gasteiger partial charge in [-0.3, -0.25) is 4.90 Å². The van der Waals surface area contributed by atoms with Crippen LogP contribution in [-0.2, 0) is 4.74 Å². The zero-order valence-corrected chi connectivity index (χ0v) is 9.56. The molecule has 1 unspecified atom stereocenters. The molecule has 1 saturated heterocycles. The van der Waals surface area contributed by atoms with Gasteiger partial charge >= 0.3 is 0 Å². The molecule has 0 bridgehead atoms. The van der Waals surface area contributed by atoms with Gasteiger partial charge in [0, 0.05) is 19.7 Å². The SMILES string of the molecule is COC[C@@H]1CCCN1CC1C=CC=CC1. The summed E-state index contributed by atoms with van der Waals surface area (Å²) in [7, 11) is 1.81. The Bertz CT molecular complexity index is 247. The van der Waals surface area contributed by atoms with Crippen LogP contribution in [0, 0.1) is 5.92 Å². The number of rotatable bonds is 4. The summed E-state index contributed by atoms with van der Waals surface area (Å²) in [4.78, 5) is 2.59. The molecule has 1 aliphatic heterocycles. The molecule has 2 rings (SSSR count). The summed E-state index contributed by atoms with van der Waals surface area (Å²) in [5.74, 6) is 0.715. The molecule has 0 radical (unpaired) electrons. The van der Waals surface area contributed by atoms with E-state index in [1.807, 2.05) is 0 Å². The van der Waals surface area contributed by atoms with Crippen molar-refractivity contribution < 1.29 is 4.74 Å². The van der Waals surface area contributed by atoms with Crippen LogP contribution in [0.5, 0.6) is 0 Å². The van der Waals surface area contributed by atoms with E-state index >= 15 is 0 Å². The Morgan fingerprint density at radius 2 is 2.33 bits per heavy atom. The van der Waals surface area contributed by atoms with E-state index in [1.54, 1.807) is 7.11 Å². The number of hydrogen-bond acceptors (Lipinski definition) is 2. The molecule has 1 heterocycles. The molecular weight excluding hydrogens is 186 g/mol. The Morgan fingerprint density at radius 1 is 1.40 bits per heavy atom. The molecule has 2 nitrogen and oxygen atoms in total. The molecule has 15 heavy (non-hydrogen) atoms. The Balaban J connectivity index is 1.82. The Labute approximate surface area is 92.6 Å². The van der Waals surface area contributed by atoms with Crippen LogP contribution in [0.15, 0.2) is 24.3 Å². The molecule has 2 atom stereocenters. The highest BCUT2D eigenvalue weighted by atomic mass is 16.5. The van der Waals surface area contributed by atoms with Gasteiger partial charge in [-0.1, -0.05) is 24.3 Å². The second kappa shape index (κ2) is 5.47. The second-order valence-corrected chi connectivity index (χ2v) is 4.56. The van der Waals surface area contributed by atoms with Gasteiger partial charge in [-0.2, -0.15) is 0 Å². The molecule has 2 heteroatoms. The first kappa shape index (κ1) is 10.9. The van der Waals surface area contributed by atoms with Gasteiger partial charge < -0.3 is 4.74 Å². The average Bonchev–Trinajstić information content (AvgIpc) is 2.68. The molecule has 2 aliphatic rings. The zero-order chi connectivity index (χ0) is 10.5. The molecule has 0 saturated carbocycles. The molecule has 0 aromatic rings. The molecule has 0 amide bonds. The first-order valence-electron chi connectivity index (χ1n) is 5.96. The lowest BCUT2D eigenvalue weighted by Gasteiger charge is -2.27. The summed E-state index contributed by atoms with van der Waals surface area (Å²) < 4.78 is 5.27. The summed E-state index contributed by atoms with van der Waals surface area (Å²) in [5.41, 5.74) is 0. The molecule has 0 spiro atoms. The summed E-state index contributed by atoms with van der Waals surface area (Å²) in [6, 6.07) is 0.661. The van der Waals surface area contributed by atoms with Gasteiger partial charge in [0.25, 0.3) is 0 Å². The first-order valence-corrected chi connectivity index (χ1v) is 5.96. The number of methoxy groups -OCH3 is 1. The van der Waals surface area contributed by atoms with Crippen LogP contribution in [0.3, 0.4) is 0 Å². The molecule has 1 aliphatic carbocycles. The number of likely N-dealkylation sites (tertiary alicyclic amines) is 1. The fourth-order valence-corrected chi connectivity index (χ4v) is 2.59. The van der Waals surface area contributed by atoms with Crippen LogP contribution in [0.4, 0.5) is 0 Å². The maximum absolute atomic E-state index is 5.27. The Hall–Kier alpha value is -0.600. The molecule has 1 fully saturated rings. The van der Waals surface area contributed by atoms with Gasteiger partial charge in [0.05, 0.1) is 6.61 Å². The third-order valence-electron chi connectivity index (χ3n) is 3.40. The standard InChI is InChI=1S/C13H21NO/c1-15-11-13-8-5-9-14(13)10-12-6-3-2-4-7-12/h2-4,6,12-13H,5,7-11H2,1H3/t12?,13-/m0/s1. The highest BCUT2D eigenvalue weighted by Crippen LogP contribution is 2.21. The fourth-order valence-electron chi connectivity index (χ4n) is 2.59. The first-order chi connectivity index (χ1) is 7.40. The lowest BCUT2D eigenvalue weighted by Crippen LogP contribution is -2.36. The van der Waals surface area contributed by atoms with E-state index in [9.17, 15) is 0 Å². The minimum atomic E-state index is 0.661. The predicted molar refractivity (Wildman–Crippen MR) is 62.9 cm³/mol. The minimum Gasteiger partial charge on any atom is -0.383 e. The molecule has 0 N–H and O–H groups in total. The third-order valence-corrected chi connectivity index (χ3v) is 3.40. The highest BCUT2D eigenvalue weighted by molar-refractivity contribution is 5.11. The van der Waals surface area contributed by atoms with Gasteiger partial charge in [0.2, 0.25) is 0 Å². The van der Waals surface area contributed by atoms with E-state index in [2.05, 4.69) is 29.2 Å². The van der Waals surface area contributed by atoms with E-state index in [-0.39, 0.29) is 0 Å². The van der Waals surface area contributed by atoms with E-state index in [0.717, 1.165) is 6.61 Å². The topological polar surface area (TPSA) is 12.5 Å². The van der Waals surface area contributed by atoms with Crippen LogP contribution >= 0.6 is 0 Å². The van der Waals surface area contributed by atoms with Gasteiger partial charge in [-0.25, -0.2) is 0 Å². The Morgan fingerprint density at radius 3 is 3.07 bits per heavy atom. The van der Waals surface area contributed by atoms with Crippen molar-refractivity contribution in [3.8, 4) is 0 Å². The van der Waals surface area contributed by atoms with Crippen LogP contribution in [0.2, 0.25) is 0 Å². The predicted octanol–water partition coefficient (Wildman–Crippen LogP) is 2.23. The number of ether oxygens (including phenoxy) is 1. The second-order valence-electron chi connectivity index (χ2n) is 4.56. The number of hydrogen-bond donors (Lipinski definition) is 0. The van der Waals surface area contributed by atoms with Crippen molar-refractivity contribution >= 4 is 0 Å². The highest BCUT2D eigenvalue weighted by Gasteiger charge is 2.25. The van der Waals surface area contributed by atoms with E-state index < -0.39 is 0 Å². The van der Waals surface area contributed by atoms with Crippen molar-refractivity contribution in [3.05, 3.63) is 24.3 Å². The third kappa shape index (κ3) is 2.93. The lowest BCUT2D eigenvalue weighted by molar-refractivity contribution is 0.109. The van der Waals surface area contributed by atoms with Crippen molar-refractivity contribution in [1.29, 1.82) is 0 Å². The molecular formula is C13H21NO. The molecule has 84 valence electrons. The van der Waals surface area contributed by atoms with Crippen LogP contribution in [0.25, 0.3) is 0 Å². The van der Waals surface area contributed by atoms with E-state index in [1.165, 1.54) is 32.4 Å². The average molecular weight is 207 g/mol. The van der Waals surface area contributed by atoms with Crippen molar-refractivity contribution in [1.82, 2.24) is 4.90 Å². The largest absolute Gasteiger partial charge is 0.383 e. The maximum atomic E-state index is 5.27. The van der Waals surface area contributed by atoms with Crippen LogP contribution in [0.1, 0.15) is 19.3 Å². The van der Waals surface area contributed by atoms with E-state index in [0.29, 0.717) is 12.0 Å². The van der Waals surface area contributed by atoms with Gasteiger partial charge in [-0.05, 0) is 31.7 Å². The quantitative estimate of drug-likeness (QED) is 0.701. The summed E-state index contributed by atoms with van der Waals surface area (Å²) in [6.45, 7) is 3.35. The molecule has 0 aromatic carbocycles. The van der Waals surface area contributed by atoms with Gasteiger partial charge in [0.1, 0.15) is 0 Å².